The molecule has 3 rings (SSSR count). The van der Waals surface area contributed by atoms with Crippen molar-refractivity contribution in [1.29, 1.82) is 0 Å². The molecule has 0 radical (unpaired) electrons. The first-order valence-corrected chi connectivity index (χ1v) is 11.9. The van der Waals surface area contributed by atoms with E-state index in [1.807, 2.05) is 45.9 Å². The maximum atomic E-state index is 13.1. The van der Waals surface area contributed by atoms with E-state index in [0.29, 0.717) is 12.1 Å². The SMILES string of the molecule is CCCCN(CCCC)CCCNC(=O)c1cnn(-c2cccc(C)c2)c1-n1cccc1. The summed E-state index contributed by atoms with van der Waals surface area (Å²) in [7, 11) is 0. The van der Waals surface area contributed by atoms with Crippen molar-refractivity contribution in [2.75, 3.05) is 26.2 Å². The second-order valence-electron chi connectivity index (χ2n) is 8.38. The zero-order chi connectivity index (χ0) is 22.8. The van der Waals surface area contributed by atoms with Gasteiger partial charge < -0.3 is 14.8 Å². The summed E-state index contributed by atoms with van der Waals surface area (Å²) in [5, 5.41) is 7.67. The van der Waals surface area contributed by atoms with E-state index < -0.39 is 0 Å². The van der Waals surface area contributed by atoms with E-state index >= 15 is 0 Å². The van der Waals surface area contributed by atoms with Gasteiger partial charge in [0.15, 0.2) is 5.82 Å². The van der Waals surface area contributed by atoms with E-state index in [1.54, 1.807) is 6.20 Å². The van der Waals surface area contributed by atoms with Gasteiger partial charge in [-0.05, 0) is 75.6 Å². The summed E-state index contributed by atoms with van der Waals surface area (Å²) in [5.74, 6) is 0.673. The summed E-state index contributed by atoms with van der Waals surface area (Å²) < 4.78 is 3.78. The third kappa shape index (κ3) is 6.33. The highest BCUT2D eigenvalue weighted by atomic mass is 16.1. The van der Waals surface area contributed by atoms with Gasteiger partial charge in [0.2, 0.25) is 0 Å². The van der Waals surface area contributed by atoms with E-state index in [4.69, 9.17) is 0 Å². The largest absolute Gasteiger partial charge is 0.352 e. The Morgan fingerprint density at radius 1 is 1.00 bits per heavy atom. The first kappa shape index (κ1) is 23.8. The second-order valence-corrected chi connectivity index (χ2v) is 8.38. The van der Waals surface area contributed by atoms with Crippen LogP contribution in [-0.4, -0.2) is 51.3 Å². The molecule has 6 heteroatoms. The Morgan fingerprint density at radius 2 is 1.69 bits per heavy atom. The maximum absolute atomic E-state index is 13.1. The number of rotatable bonds is 13. The van der Waals surface area contributed by atoms with Crippen LogP contribution in [0.3, 0.4) is 0 Å². The van der Waals surface area contributed by atoms with Gasteiger partial charge in [0.25, 0.3) is 5.91 Å². The molecule has 0 bridgehead atoms. The van der Waals surface area contributed by atoms with E-state index in [2.05, 4.69) is 48.2 Å². The topological polar surface area (TPSA) is 55.1 Å². The molecule has 1 aromatic carbocycles. The van der Waals surface area contributed by atoms with E-state index in [9.17, 15) is 4.79 Å². The fourth-order valence-corrected chi connectivity index (χ4v) is 3.87. The summed E-state index contributed by atoms with van der Waals surface area (Å²) in [6, 6.07) is 12.1. The Labute approximate surface area is 192 Å². The number of nitrogens with one attached hydrogen (secondary N) is 1. The van der Waals surface area contributed by atoms with Crippen LogP contribution in [-0.2, 0) is 0 Å². The predicted molar refractivity (Wildman–Crippen MR) is 131 cm³/mol. The zero-order valence-corrected chi connectivity index (χ0v) is 19.8. The standard InChI is InChI=1S/C26H37N5O/c1-4-6-15-29(16-7-5-2)17-11-14-27-25(32)24-21-28-31(23-13-10-12-22(3)20-23)26(24)30-18-8-9-19-30/h8-10,12-13,18-21H,4-7,11,14-17H2,1-3H3,(H,27,32). The molecule has 0 atom stereocenters. The molecule has 0 aliphatic rings. The van der Waals surface area contributed by atoms with E-state index in [-0.39, 0.29) is 5.91 Å². The van der Waals surface area contributed by atoms with Crippen LogP contribution in [0.5, 0.6) is 0 Å². The van der Waals surface area contributed by atoms with Gasteiger partial charge >= 0.3 is 0 Å². The summed E-state index contributed by atoms with van der Waals surface area (Å²) in [4.78, 5) is 15.6. The van der Waals surface area contributed by atoms with Crippen molar-refractivity contribution in [3.8, 4) is 11.5 Å². The average molecular weight is 436 g/mol. The Balaban J connectivity index is 1.68. The number of benzene rings is 1. The van der Waals surface area contributed by atoms with Gasteiger partial charge in [0, 0.05) is 18.9 Å². The van der Waals surface area contributed by atoms with Gasteiger partial charge in [0.1, 0.15) is 5.56 Å². The predicted octanol–water partition coefficient (Wildman–Crippen LogP) is 4.99. The van der Waals surface area contributed by atoms with Crippen molar-refractivity contribution < 1.29 is 4.79 Å². The monoisotopic (exact) mass is 435 g/mol. The first-order chi connectivity index (χ1) is 15.6. The molecule has 0 fully saturated rings. The molecule has 32 heavy (non-hydrogen) atoms. The van der Waals surface area contributed by atoms with Crippen LogP contribution >= 0.6 is 0 Å². The fourth-order valence-electron chi connectivity index (χ4n) is 3.87. The Hall–Kier alpha value is -2.86. The summed E-state index contributed by atoms with van der Waals surface area (Å²) in [5.41, 5.74) is 2.67. The van der Waals surface area contributed by atoms with Crippen molar-refractivity contribution in [2.24, 2.45) is 0 Å². The molecule has 0 aliphatic heterocycles. The lowest BCUT2D eigenvalue weighted by molar-refractivity contribution is 0.0951. The minimum atomic E-state index is -0.0822. The fraction of sp³-hybridized carbons (Fsp3) is 0.462. The molecule has 1 amide bonds. The molecule has 6 nitrogen and oxygen atoms in total. The quantitative estimate of drug-likeness (QED) is 0.385. The Morgan fingerprint density at radius 3 is 2.34 bits per heavy atom. The lowest BCUT2D eigenvalue weighted by Crippen LogP contribution is -2.31. The van der Waals surface area contributed by atoms with Crippen LogP contribution in [0.2, 0.25) is 0 Å². The van der Waals surface area contributed by atoms with Crippen LogP contribution in [0.1, 0.15) is 61.9 Å². The first-order valence-electron chi connectivity index (χ1n) is 11.9. The molecule has 0 spiro atoms. The highest BCUT2D eigenvalue weighted by molar-refractivity contribution is 5.97. The summed E-state index contributed by atoms with van der Waals surface area (Å²) >= 11 is 0. The lowest BCUT2D eigenvalue weighted by Gasteiger charge is -2.21. The number of carbonyl (C=O) groups is 1. The number of aromatic nitrogens is 3. The van der Waals surface area contributed by atoms with Gasteiger partial charge in [-0.3, -0.25) is 4.79 Å². The molecule has 2 heterocycles. The number of nitrogens with zero attached hydrogens (tertiary/aromatic N) is 4. The molecular formula is C26H37N5O. The summed E-state index contributed by atoms with van der Waals surface area (Å²) in [6.45, 7) is 10.5. The number of carbonyl (C=O) groups excluding carboxylic acids is 1. The van der Waals surface area contributed by atoms with Crippen molar-refractivity contribution in [3.05, 3.63) is 66.1 Å². The summed E-state index contributed by atoms with van der Waals surface area (Å²) in [6.07, 6.45) is 11.4. The van der Waals surface area contributed by atoms with Crippen molar-refractivity contribution >= 4 is 5.91 Å². The van der Waals surface area contributed by atoms with E-state index in [1.165, 1.54) is 25.7 Å². The smallest absolute Gasteiger partial charge is 0.256 e. The number of amides is 1. The minimum absolute atomic E-state index is 0.0822. The Kier molecular flexibility index (Phi) is 9.11. The van der Waals surface area contributed by atoms with Crippen LogP contribution < -0.4 is 5.32 Å². The van der Waals surface area contributed by atoms with Crippen LogP contribution in [0.4, 0.5) is 0 Å². The number of unbranched alkanes of at least 4 members (excludes halogenated alkanes) is 2. The second kappa shape index (κ2) is 12.2. The lowest BCUT2D eigenvalue weighted by atomic mass is 10.2. The number of hydrogen-bond acceptors (Lipinski definition) is 3. The van der Waals surface area contributed by atoms with Crippen LogP contribution in [0.25, 0.3) is 11.5 Å². The molecule has 0 unspecified atom stereocenters. The molecule has 2 aromatic heterocycles. The molecule has 0 saturated carbocycles. The van der Waals surface area contributed by atoms with Crippen LogP contribution in [0.15, 0.2) is 55.0 Å². The van der Waals surface area contributed by atoms with Crippen molar-refractivity contribution in [1.82, 2.24) is 24.6 Å². The average Bonchev–Trinajstić information content (AvgIpc) is 3.47. The van der Waals surface area contributed by atoms with Gasteiger partial charge in [-0.25, -0.2) is 4.68 Å². The van der Waals surface area contributed by atoms with E-state index in [0.717, 1.165) is 43.1 Å². The molecule has 172 valence electrons. The normalized spacial score (nSPS) is 11.2. The highest BCUT2D eigenvalue weighted by Crippen LogP contribution is 2.20. The van der Waals surface area contributed by atoms with Gasteiger partial charge in [-0.15, -0.1) is 0 Å². The number of hydrogen-bond donors (Lipinski definition) is 1. The van der Waals surface area contributed by atoms with Gasteiger partial charge in [-0.2, -0.15) is 5.10 Å². The molecule has 1 N–H and O–H groups in total. The molecular weight excluding hydrogens is 398 g/mol. The van der Waals surface area contributed by atoms with Crippen LogP contribution in [0, 0.1) is 6.92 Å². The van der Waals surface area contributed by atoms with Crippen molar-refractivity contribution in [3.63, 3.8) is 0 Å². The molecule has 0 aliphatic carbocycles. The molecule has 0 saturated heterocycles. The Bertz CT molecular complexity index is 953. The third-order valence-corrected chi connectivity index (χ3v) is 5.68. The number of aryl methyl sites for hydroxylation is 1. The molecule has 3 aromatic rings. The zero-order valence-electron chi connectivity index (χ0n) is 19.8. The van der Waals surface area contributed by atoms with Crippen molar-refractivity contribution in [2.45, 2.75) is 52.9 Å². The van der Waals surface area contributed by atoms with Gasteiger partial charge in [0.05, 0.1) is 11.9 Å². The van der Waals surface area contributed by atoms with Gasteiger partial charge in [-0.1, -0.05) is 38.8 Å². The maximum Gasteiger partial charge on any atom is 0.256 e. The third-order valence-electron chi connectivity index (χ3n) is 5.68. The minimum Gasteiger partial charge on any atom is -0.352 e. The highest BCUT2D eigenvalue weighted by Gasteiger charge is 2.19.